The molecule has 0 radical (unpaired) electrons. The van der Waals surface area contributed by atoms with Crippen LogP contribution in [0.1, 0.15) is 40.9 Å². The normalized spacial score (nSPS) is 16.6. The van der Waals surface area contributed by atoms with E-state index in [0.717, 1.165) is 24.1 Å². The molecule has 4 nitrogen and oxygen atoms in total. The number of nitrogens with one attached hydrogen (secondary N) is 1. The SMILES string of the molecule is CC1CCc2cc(C(=O)Nc3ccccc3)c(=O)n(C)c21. The van der Waals surface area contributed by atoms with Crippen LogP contribution in [0.4, 0.5) is 5.69 Å². The van der Waals surface area contributed by atoms with Crippen LogP contribution in [0.5, 0.6) is 0 Å². The number of aromatic nitrogens is 1. The molecule has 2 aromatic rings. The first-order valence-corrected chi connectivity index (χ1v) is 7.17. The summed E-state index contributed by atoms with van der Waals surface area (Å²) in [5.41, 5.74) is 2.86. The molecule has 1 aliphatic rings. The van der Waals surface area contributed by atoms with Crippen LogP contribution in [0.2, 0.25) is 0 Å². The summed E-state index contributed by atoms with van der Waals surface area (Å²) < 4.78 is 1.63. The van der Waals surface area contributed by atoms with Gasteiger partial charge >= 0.3 is 0 Å². The Morgan fingerprint density at radius 2 is 2.00 bits per heavy atom. The van der Waals surface area contributed by atoms with Gasteiger partial charge < -0.3 is 9.88 Å². The van der Waals surface area contributed by atoms with Crippen molar-refractivity contribution in [2.75, 3.05) is 5.32 Å². The molecule has 0 saturated heterocycles. The number of aryl methyl sites for hydroxylation is 1. The Bertz CT molecular complexity index is 747. The van der Waals surface area contributed by atoms with Crippen LogP contribution >= 0.6 is 0 Å². The number of benzene rings is 1. The van der Waals surface area contributed by atoms with Crippen molar-refractivity contribution in [1.29, 1.82) is 0 Å². The number of pyridine rings is 1. The lowest BCUT2D eigenvalue weighted by molar-refractivity contribution is 0.102. The Morgan fingerprint density at radius 3 is 2.71 bits per heavy atom. The van der Waals surface area contributed by atoms with Gasteiger partial charge in [0.15, 0.2) is 0 Å². The van der Waals surface area contributed by atoms with Gasteiger partial charge in [-0.25, -0.2) is 0 Å². The first kappa shape index (κ1) is 13.6. The lowest BCUT2D eigenvalue weighted by Crippen LogP contribution is -2.30. The van der Waals surface area contributed by atoms with Crippen LogP contribution in [0.15, 0.2) is 41.2 Å². The zero-order valence-corrected chi connectivity index (χ0v) is 12.2. The number of hydrogen-bond acceptors (Lipinski definition) is 2. The molecule has 108 valence electrons. The van der Waals surface area contributed by atoms with Crippen molar-refractivity contribution in [3.63, 3.8) is 0 Å². The van der Waals surface area contributed by atoms with Gasteiger partial charge in [0, 0.05) is 18.4 Å². The van der Waals surface area contributed by atoms with E-state index in [4.69, 9.17) is 0 Å². The van der Waals surface area contributed by atoms with E-state index in [1.54, 1.807) is 29.8 Å². The highest BCUT2D eigenvalue weighted by Gasteiger charge is 2.25. The second-order valence-electron chi connectivity index (χ2n) is 5.59. The Balaban J connectivity index is 1.98. The van der Waals surface area contributed by atoms with Crippen LogP contribution in [0, 0.1) is 0 Å². The minimum absolute atomic E-state index is 0.217. The van der Waals surface area contributed by atoms with Crippen LogP contribution in [-0.2, 0) is 13.5 Å². The zero-order chi connectivity index (χ0) is 15.0. The monoisotopic (exact) mass is 282 g/mol. The largest absolute Gasteiger partial charge is 0.322 e. The van der Waals surface area contributed by atoms with Crippen LogP contribution < -0.4 is 10.9 Å². The van der Waals surface area contributed by atoms with Gasteiger partial charge in [-0.15, -0.1) is 0 Å². The topological polar surface area (TPSA) is 51.1 Å². The van der Waals surface area contributed by atoms with Gasteiger partial charge in [0.05, 0.1) is 0 Å². The van der Waals surface area contributed by atoms with Crippen LogP contribution in [0.25, 0.3) is 0 Å². The fourth-order valence-electron chi connectivity index (χ4n) is 3.05. The lowest BCUT2D eigenvalue weighted by atomic mass is 10.1. The molecular weight excluding hydrogens is 264 g/mol. The molecule has 1 heterocycles. The smallest absolute Gasteiger partial charge is 0.263 e. The molecule has 0 fully saturated rings. The van der Waals surface area contributed by atoms with E-state index in [0.29, 0.717) is 11.6 Å². The highest BCUT2D eigenvalue weighted by molar-refractivity contribution is 6.04. The van der Waals surface area contributed by atoms with Crippen molar-refractivity contribution in [1.82, 2.24) is 4.57 Å². The van der Waals surface area contributed by atoms with Gasteiger partial charge in [-0.1, -0.05) is 25.1 Å². The van der Waals surface area contributed by atoms with Gasteiger partial charge in [-0.3, -0.25) is 9.59 Å². The second kappa shape index (κ2) is 5.20. The van der Waals surface area contributed by atoms with Gasteiger partial charge in [0.25, 0.3) is 11.5 Å². The number of hydrogen-bond donors (Lipinski definition) is 1. The molecule has 1 amide bonds. The minimum Gasteiger partial charge on any atom is -0.322 e. The number of fused-ring (bicyclic) bond motifs is 1. The quantitative estimate of drug-likeness (QED) is 0.920. The summed E-state index contributed by atoms with van der Waals surface area (Å²) >= 11 is 0. The predicted molar refractivity (Wildman–Crippen MR) is 82.8 cm³/mol. The van der Waals surface area contributed by atoms with Crippen molar-refractivity contribution in [2.45, 2.75) is 25.7 Å². The number of carbonyl (C=O) groups is 1. The highest BCUT2D eigenvalue weighted by Crippen LogP contribution is 2.31. The Kier molecular flexibility index (Phi) is 3.37. The number of nitrogens with zero attached hydrogens (tertiary/aromatic N) is 1. The molecular formula is C17H18N2O2. The Hall–Kier alpha value is -2.36. The fraction of sp³-hybridized carbons (Fsp3) is 0.294. The molecule has 3 rings (SSSR count). The van der Waals surface area contributed by atoms with E-state index >= 15 is 0 Å². The van der Waals surface area contributed by atoms with Gasteiger partial charge in [0.1, 0.15) is 5.56 Å². The summed E-state index contributed by atoms with van der Waals surface area (Å²) in [5.74, 6) is 0.0353. The maximum atomic E-state index is 12.4. The van der Waals surface area contributed by atoms with E-state index in [9.17, 15) is 9.59 Å². The lowest BCUT2D eigenvalue weighted by Gasteiger charge is -2.13. The van der Waals surface area contributed by atoms with Crippen LogP contribution in [0.3, 0.4) is 0 Å². The molecule has 1 unspecified atom stereocenters. The van der Waals surface area contributed by atoms with Crippen LogP contribution in [-0.4, -0.2) is 10.5 Å². The highest BCUT2D eigenvalue weighted by atomic mass is 16.2. The van der Waals surface area contributed by atoms with Crippen molar-refractivity contribution in [3.05, 3.63) is 63.6 Å². The van der Waals surface area contributed by atoms with E-state index in [-0.39, 0.29) is 17.0 Å². The third-order valence-corrected chi connectivity index (χ3v) is 4.13. The number of anilines is 1. The van der Waals surface area contributed by atoms with Crippen molar-refractivity contribution in [3.8, 4) is 0 Å². The molecule has 1 aromatic heterocycles. The zero-order valence-electron chi connectivity index (χ0n) is 12.2. The molecule has 0 bridgehead atoms. The molecule has 0 spiro atoms. The molecule has 0 saturated carbocycles. The summed E-state index contributed by atoms with van der Waals surface area (Å²) in [5, 5.41) is 2.78. The predicted octanol–water partition coefficient (Wildman–Crippen LogP) is 2.69. The van der Waals surface area contributed by atoms with E-state index in [2.05, 4.69) is 12.2 Å². The van der Waals surface area contributed by atoms with E-state index in [1.165, 1.54) is 0 Å². The summed E-state index contributed by atoms with van der Waals surface area (Å²) in [6.45, 7) is 2.12. The average Bonchev–Trinajstić information content (AvgIpc) is 2.85. The molecule has 1 N–H and O–H groups in total. The molecule has 4 heteroatoms. The third-order valence-electron chi connectivity index (χ3n) is 4.13. The maximum Gasteiger partial charge on any atom is 0.263 e. The Morgan fingerprint density at radius 1 is 1.29 bits per heavy atom. The van der Waals surface area contributed by atoms with Gasteiger partial charge in [-0.05, 0) is 42.5 Å². The first-order chi connectivity index (χ1) is 10.1. The van der Waals surface area contributed by atoms with Crippen molar-refractivity contribution < 1.29 is 4.79 Å². The number of amides is 1. The molecule has 21 heavy (non-hydrogen) atoms. The third kappa shape index (κ3) is 2.37. The summed E-state index contributed by atoms with van der Waals surface area (Å²) in [6, 6.07) is 10.9. The average molecular weight is 282 g/mol. The number of para-hydroxylation sites is 1. The van der Waals surface area contributed by atoms with E-state index in [1.807, 2.05) is 18.2 Å². The standard InChI is InChI=1S/C17H18N2O2/c1-11-8-9-12-10-14(17(21)19(2)15(11)12)16(20)18-13-6-4-3-5-7-13/h3-7,10-11H,8-9H2,1-2H3,(H,18,20). The molecule has 1 aromatic carbocycles. The summed E-state index contributed by atoms with van der Waals surface area (Å²) in [6.07, 6.45) is 1.96. The van der Waals surface area contributed by atoms with Crippen molar-refractivity contribution >= 4 is 11.6 Å². The second-order valence-corrected chi connectivity index (χ2v) is 5.59. The summed E-state index contributed by atoms with van der Waals surface area (Å²) in [7, 11) is 1.75. The van der Waals surface area contributed by atoms with Crippen molar-refractivity contribution in [2.24, 2.45) is 7.05 Å². The number of carbonyl (C=O) groups excluding carboxylic acids is 1. The Labute approximate surface area is 123 Å². The minimum atomic E-state index is -0.343. The maximum absolute atomic E-state index is 12.4. The summed E-state index contributed by atoms with van der Waals surface area (Å²) in [4.78, 5) is 24.8. The van der Waals surface area contributed by atoms with E-state index < -0.39 is 0 Å². The molecule has 0 aliphatic heterocycles. The molecule has 1 atom stereocenters. The first-order valence-electron chi connectivity index (χ1n) is 7.17. The van der Waals surface area contributed by atoms with Gasteiger partial charge in [-0.2, -0.15) is 0 Å². The molecule has 1 aliphatic carbocycles. The fourth-order valence-corrected chi connectivity index (χ4v) is 3.05. The van der Waals surface area contributed by atoms with Gasteiger partial charge in [0.2, 0.25) is 0 Å². The number of rotatable bonds is 2.